The highest BCUT2D eigenvalue weighted by Gasteiger charge is 2.38. The number of aromatic nitrogens is 2. The van der Waals surface area contributed by atoms with Gasteiger partial charge in [-0.15, -0.1) is 0 Å². The molecule has 4 heterocycles. The van der Waals surface area contributed by atoms with E-state index in [9.17, 15) is 4.79 Å². The molecule has 0 aromatic carbocycles. The molecule has 1 N–H and O–H groups in total. The fraction of sp³-hybridized carbons (Fsp3) is 0.786. The van der Waals surface area contributed by atoms with E-state index in [2.05, 4.69) is 20.4 Å². The van der Waals surface area contributed by atoms with E-state index in [0.717, 1.165) is 19.6 Å². The summed E-state index contributed by atoms with van der Waals surface area (Å²) in [7, 11) is 0. The van der Waals surface area contributed by atoms with Crippen molar-refractivity contribution in [1.29, 1.82) is 0 Å². The lowest BCUT2D eigenvalue weighted by atomic mass is 9.79. The molecule has 1 amide bonds. The molecule has 3 saturated heterocycles. The van der Waals surface area contributed by atoms with E-state index in [-0.39, 0.29) is 11.9 Å². The number of nitrogens with zero attached hydrogens (tertiary/aromatic N) is 3. The van der Waals surface area contributed by atoms with Gasteiger partial charge in [0.1, 0.15) is 5.60 Å². The highest BCUT2D eigenvalue weighted by Crippen LogP contribution is 2.38. The minimum Gasteiger partial charge on any atom is -0.444 e. The standard InChI is InChI=1S/C14H22N4O3/c1-14(2,3)20-13(19)16-12-15-11(21-17-12)10-8-18-6-4-9(10)5-7-18/h9-10H,4-8H2,1-3H3,(H,16,17,19). The lowest BCUT2D eigenvalue weighted by molar-refractivity contribution is 0.0634. The molecular formula is C14H22N4O3. The van der Waals surface area contributed by atoms with Crippen LogP contribution in [0.3, 0.4) is 0 Å². The molecule has 3 aliphatic heterocycles. The lowest BCUT2D eigenvalue weighted by Gasteiger charge is -2.43. The number of rotatable bonds is 2. The van der Waals surface area contributed by atoms with Gasteiger partial charge >= 0.3 is 6.09 Å². The first-order valence-electron chi connectivity index (χ1n) is 7.47. The number of anilines is 1. The summed E-state index contributed by atoms with van der Waals surface area (Å²) in [4.78, 5) is 18.4. The van der Waals surface area contributed by atoms with E-state index in [1.807, 2.05) is 0 Å². The first kappa shape index (κ1) is 14.3. The molecule has 4 rings (SSSR count). The van der Waals surface area contributed by atoms with Crippen molar-refractivity contribution in [3.63, 3.8) is 0 Å². The maximum absolute atomic E-state index is 11.7. The smallest absolute Gasteiger partial charge is 0.414 e. The van der Waals surface area contributed by atoms with Crippen LogP contribution in [-0.4, -0.2) is 46.4 Å². The Kier molecular flexibility index (Phi) is 3.61. The number of nitrogens with one attached hydrogen (secondary N) is 1. The third-order valence-corrected chi connectivity index (χ3v) is 4.03. The second-order valence-corrected chi connectivity index (χ2v) is 6.83. The average molecular weight is 294 g/mol. The zero-order valence-electron chi connectivity index (χ0n) is 12.8. The fourth-order valence-electron chi connectivity index (χ4n) is 3.08. The van der Waals surface area contributed by atoms with E-state index in [1.165, 1.54) is 12.8 Å². The Labute approximate surface area is 124 Å². The number of piperidine rings is 3. The molecule has 3 fully saturated rings. The van der Waals surface area contributed by atoms with Gasteiger partial charge in [0.2, 0.25) is 5.89 Å². The monoisotopic (exact) mass is 294 g/mol. The second-order valence-electron chi connectivity index (χ2n) is 6.83. The van der Waals surface area contributed by atoms with Gasteiger partial charge in [-0.2, -0.15) is 4.98 Å². The predicted octanol–water partition coefficient (Wildman–Crippen LogP) is 2.23. The molecule has 21 heavy (non-hydrogen) atoms. The minimum atomic E-state index is -0.566. The summed E-state index contributed by atoms with van der Waals surface area (Å²) in [5.74, 6) is 1.70. The summed E-state index contributed by atoms with van der Waals surface area (Å²) in [5.41, 5.74) is -0.549. The quantitative estimate of drug-likeness (QED) is 0.901. The Balaban J connectivity index is 1.63. The van der Waals surface area contributed by atoms with Gasteiger partial charge in [0.15, 0.2) is 0 Å². The van der Waals surface area contributed by atoms with Gasteiger partial charge in [-0.1, -0.05) is 0 Å². The van der Waals surface area contributed by atoms with Crippen LogP contribution in [0.4, 0.5) is 10.7 Å². The van der Waals surface area contributed by atoms with Gasteiger partial charge in [-0.05, 0) is 57.8 Å². The largest absolute Gasteiger partial charge is 0.444 e. The Morgan fingerprint density at radius 1 is 1.38 bits per heavy atom. The second kappa shape index (κ2) is 5.29. The molecule has 0 radical (unpaired) electrons. The van der Waals surface area contributed by atoms with Gasteiger partial charge in [-0.25, -0.2) is 4.79 Å². The molecule has 7 nitrogen and oxygen atoms in total. The molecule has 116 valence electrons. The summed E-state index contributed by atoms with van der Waals surface area (Å²) in [6.07, 6.45) is 1.80. The first-order chi connectivity index (χ1) is 9.90. The van der Waals surface area contributed by atoms with Crippen LogP contribution in [0.2, 0.25) is 0 Å². The van der Waals surface area contributed by atoms with Crippen molar-refractivity contribution in [2.75, 3.05) is 25.0 Å². The van der Waals surface area contributed by atoms with Crippen molar-refractivity contribution in [1.82, 2.24) is 15.0 Å². The summed E-state index contributed by atoms with van der Waals surface area (Å²) in [6.45, 7) is 8.72. The number of carbonyl (C=O) groups is 1. The third-order valence-electron chi connectivity index (χ3n) is 4.03. The lowest BCUT2D eigenvalue weighted by Crippen LogP contribution is -2.46. The van der Waals surface area contributed by atoms with Gasteiger partial charge in [0, 0.05) is 6.54 Å². The van der Waals surface area contributed by atoms with E-state index < -0.39 is 11.7 Å². The van der Waals surface area contributed by atoms with Crippen molar-refractivity contribution in [3.05, 3.63) is 5.89 Å². The number of amides is 1. The Bertz CT molecular complexity index is 515. The van der Waals surface area contributed by atoms with Crippen LogP contribution in [0.15, 0.2) is 4.52 Å². The minimum absolute atomic E-state index is 0.177. The fourth-order valence-corrected chi connectivity index (χ4v) is 3.08. The Hall–Kier alpha value is -1.63. The Morgan fingerprint density at radius 3 is 2.67 bits per heavy atom. The van der Waals surface area contributed by atoms with Crippen LogP contribution in [0.25, 0.3) is 0 Å². The summed E-state index contributed by atoms with van der Waals surface area (Å²) < 4.78 is 10.5. The Morgan fingerprint density at radius 2 is 2.10 bits per heavy atom. The average Bonchev–Trinajstić information content (AvgIpc) is 2.86. The maximum atomic E-state index is 11.7. The molecule has 1 unspecified atom stereocenters. The van der Waals surface area contributed by atoms with E-state index >= 15 is 0 Å². The zero-order chi connectivity index (χ0) is 15.0. The van der Waals surface area contributed by atoms with Crippen LogP contribution in [0.1, 0.15) is 45.4 Å². The number of hydrogen-bond acceptors (Lipinski definition) is 6. The molecule has 0 saturated carbocycles. The molecule has 7 heteroatoms. The molecule has 1 atom stereocenters. The van der Waals surface area contributed by atoms with Gasteiger partial charge in [0.05, 0.1) is 5.92 Å². The number of ether oxygens (including phenoxy) is 1. The summed E-state index contributed by atoms with van der Waals surface area (Å²) in [6, 6.07) is 0. The summed E-state index contributed by atoms with van der Waals surface area (Å²) >= 11 is 0. The van der Waals surface area contributed by atoms with E-state index in [4.69, 9.17) is 9.26 Å². The SMILES string of the molecule is CC(C)(C)OC(=O)Nc1noc(C2CN3CCC2CC3)n1. The highest BCUT2D eigenvalue weighted by atomic mass is 16.6. The molecule has 2 bridgehead atoms. The van der Waals surface area contributed by atoms with Crippen molar-refractivity contribution in [2.24, 2.45) is 5.92 Å². The predicted molar refractivity (Wildman–Crippen MR) is 76.1 cm³/mol. The van der Waals surface area contributed by atoms with Crippen LogP contribution in [0.5, 0.6) is 0 Å². The summed E-state index contributed by atoms with van der Waals surface area (Å²) in [5, 5.41) is 6.34. The van der Waals surface area contributed by atoms with Crippen molar-refractivity contribution < 1.29 is 14.1 Å². The van der Waals surface area contributed by atoms with Gasteiger partial charge in [0.25, 0.3) is 5.95 Å². The molecular weight excluding hydrogens is 272 g/mol. The van der Waals surface area contributed by atoms with E-state index in [1.54, 1.807) is 20.8 Å². The van der Waals surface area contributed by atoms with Crippen LogP contribution >= 0.6 is 0 Å². The molecule has 1 aromatic rings. The van der Waals surface area contributed by atoms with Crippen LogP contribution < -0.4 is 5.32 Å². The van der Waals surface area contributed by atoms with Gasteiger partial charge < -0.3 is 14.2 Å². The van der Waals surface area contributed by atoms with Crippen LogP contribution in [0, 0.1) is 5.92 Å². The van der Waals surface area contributed by atoms with Crippen molar-refractivity contribution in [2.45, 2.75) is 45.1 Å². The van der Waals surface area contributed by atoms with Crippen molar-refractivity contribution in [3.8, 4) is 0 Å². The normalized spacial score (nSPS) is 28.4. The molecule has 0 aliphatic carbocycles. The number of carbonyl (C=O) groups excluding carboxylic acids is 1. The molecule has 3 aliphatic rings. The third kappa shape index (κ3) is 3.34. The topological polar surface area (TPSA) is 80.5 Å². The van der Waals surface area contributed by atoms with E-state index in [0.29, 0.717) is 11.8 Å². The molecule has 1 aromatic heterocycles. The van der Waals surface area contributed by atoms with Gasteiger partial charge in [-0.3, -0.25) is 5.32 Å². The highest BCUT2D eigenvalue weighted by molar-refractivity contribution is 5.82. The number of hydrogen-bond donors (Lipinski definition) is 1. The van der Waals surface area contributed by atoms with Crippen molar-refractivity contribution >= 4 is 12.0 Å². The molecule has 0 spiro atoms. The van der Waals surface area contributed by atoms with Crippen LogP contribution in [-0.2, 0) is 4.74 Å². The first-order valence-corrected chi connectivity index (χ1v) is 7.47. The number of fused-ring (bicyclic) bond motifs is 3. The maximum Gasteiger partial charge on any atom is 0.414 e. The zero-order valence-corrected chi connectivity index (χ0v) is 12.8.